The molecule has 1 atom stereocenters. The Kier molecular flexibility index (Phi) is 6.67. The fourth-order valence-corrected chi connectivity index (χ4v) is 2.62. The molecule has 0 bridgehead atoms. The number of thioether (sulfide) groups is 1. The Hall–Kier alpha value is -0.590. The van der Waals surface area contributed by atoms with Crippen LogP contribution in [0.1, 0.15) is 12.5 Å². The summed E-state index contributed by atoms with van der Waals surface area (Å²) < 4.78 is 19.0. The maximum absolute atomic E-state index is 13.4. The molecule has 3 nitrogen and oxygen atoms in total. The van der Waals surface area contributed by atoms with Gasteiger partial charge in [0.2, 0.25) is 0 Å². The van der Waals surface area contributed by atoms with Crippen LogP contribution in [0, 0.1) is 5.82 Å². The number of hydrogen-bond donors (Lipinski definition) is 1. The van der Waals surface area contributed by atoms with Crippen molar-refractivity contribution in [2.75, 3.05) is 12.4 Å². The molecular formula is C12H15BrFNO2S. The van der Waals surface area contributed by atoms with Gasteiger partial charge in [-0.3, -0.25) is 4.79 Å². The summed E-state index contributed by atoms with van der Waals surface area (Å²) in [5.41, 5.74) is 6.23. The minimum Gasteiger partial charge on any atom is -0.465 e. The molecule has 1 rings (SSSR count). The molecule has 0 heterocycles. The lowest BCUT2D eigenvalue weighted by Crippen LogP contribution is -2.34. The third kappa shape index (κ3) is 4.96. The zero-order chi connectivity index (χ0) is 13.5. The van der Waals surface area contributed by atoms with Crippen molar-refractivity contribution in [3.63, 3.8) is 0 Å². The van der Waals surface area contributed by atoms with E-state index >= 15 is 0 Å². The molecule has 100 valence electrons. The van der Waals surface area contributed by atoms with Crippen molar-refractivity contribution >= 4 is 33.7 Å². The van der Waals surface area contributed by atoms with Crippen LogP contribution >= 0.6 is 27.7 Å². The lowest BCUT2D eigenvalue weighted by atomic mass is 10.2. The second kappa shape index (κ2) is 7.76. The highest BCUT2D eigenvalue weighted by molar-refractivity contribution is 9.10. The van der Waals surface area contributed by atoms with E-state index in [2.05, 4.69) is 15.9 Å². The van der Waals surface area contributed by atoms with Gasteiger partial charge in [0, 0.05) is 16.0 Å². The smallest absolute Gasteiger partial charge is 0.323 e. The molecule has 0 fully saturated rings. The number of rotatable bonds is 6. The Morgan fingerprint density at radius 3 is 3.00 bits per heavy atom. The number of ether oxygens (including phenoxy) is 1. The van der Waals surface area contributed by atoms with Gasteiger partial charge in [0.1, 0.15) is 11.9 Å². The molecule has 0 spiro atoms. The van der Waals surface area contributed by atoms with Crippen LogP contribution in [0.2, 0.25) is 0 Å². The van der Waals surface area contributed by atoms with E-state index in [4.69, 9.17) is 10.5 Å². The fourth-order valence-electron chi connectivity index (χ4n) is 1.27. The lowest BCUT2D eigenvalue weighted by molar-refractivity contribution is -0.144. The van der Waals surface area contributed by atoms with Crippen LogP contribution in [0.5, 0.6) is 0 Å². The van der Waals surface area contributed by atoms with Crippen molar-refractivity contribution in [3.8, 4) is 0 Å². The van der Waals surface area contributed by atoms with Gasteiger partial charge in [0.25, 0.3) is 0 Å². The summed E-state index contributed by atoms with van der Waals surface area (Å²) in [6.07, 6.45) is 0. The van der Waals surface area contributed by atoms with E-state index in [1.54, 1.807) is 19.1 Å². The predicted molar refractivity (Wildman–Crippen MR) is 74.9 cm³/mol. The first kappa shape index (κ1) is 15.5. The summed E-state index contributed by atoms with van der Waals surface area (Å²) in [6.45, 7) is 2.05. The quantitative estimate of drug-likeness (QED) is 0.812. The fraction of sp³-hybridized carbons (Fsp3) is 0.417. The molecule has 0 aliphatic carbocycles. The minimum absolute atomic E-state index is 0.254. The number of halogens is 2. The van der Waals surface area contributed by atoms with Crippen LogP contribution in [0.15, 0.2) is 22.7 Å². The molecule has 0 saturated carbocycles. The van der Waals surface area contributed by atoms with Gasteiger partial charge in [-0.05, 0) is 30.7 Å². The maximum Gasteiger partial charge on any atom is 0.323 e. The normalized spacial score (nSPS) is 12.2. The first-order chi connectivity index (χ1) is 8.54. The average molecular weight is 336 g/mol. The van der Waals surface area contributed by atoms with E-state index in [0.717, 1.165) is 4.47 Å². The Balaban J connectivity index is 2.41. The van der Waals surface area contributed by atoms with Gasteiger partial charge in [-0.2, -0.15) is 11.8 Å². The van der Waals surface area contributed by atoms with E-state index in [1.165, 1.54) is 17.8 Å². The van der Waals surface area contributed by atoms with E-state index in [1.807, 2.05) is 0 Å². The molecule has 1 unspecified atom stereocenters. The molecule has 0 aliphatic heterocycles. The van der Waals surface area contributed by atoms with Gasteiger partial charge in [-0.1, -0.05) is 15.9 Å². The van der Waals surface area contributed by atoms with Gasteiger partial charge in [0.15, 0.2) is 0 Å². The third-order valence-electron chi connectivity index (χ3n) is 2.15. The number of nitrogens with two attached hydrogens (primary N) is 1. The van der Waals surface area contributed by atoms with Gasteiger partial charge in [-0.25, -0.2) is 4.39 Å². The van der Waals surface area contributed by atoms with E-state index < -0.39 is 12.0 Å². The summed E-state index contributed by atoms with van der Waals surface area (Å²) in [6, 6.07) is 4.11. The van der Waals surface area contributed by atoms with Crippen LogP contribution < -0.4 is 5.73 Å². The summed E-state index contributed by atoms with van der Waals surface area (Å²) in [5, 5.41) is 0. The minimum atomic E-state index is -0.662. The van der Waals surface area contributed by atoms with Gasteiger partial charge >= 0.3 is 5.97 Å². The highest BCUT2D eigenvalue weighted by Gasteiger charge is 2.14. The monoisotopic (exact) mass is 335 g/mol. The average Bonchev–Trinajstić information content (AvgIpc) is 2.33. The summed E-state index contributed by atoms with van der Waals surface area (Å²) in [7, 11) is 0. The molecule has 0 radical (unpaired) electrons. The zero-order valence-corrected chi connectivity index (χ0v) is 12.4. The molecule has 18 heavy (non-hydrogen) atoms. The lowest BCUT2D eigenvalue weighted by Gasteiger charge is -2.10. The Morgan fingerprint density at radius 1 is 1.61 bits per heavy atom. The molecule has 0 amide bonds. The molecule has 0 aromatic heterocycles. The topological polar surface area (TPSA) is 52.3 Å². The highest BCUT2D eigenvalue weighted by atomic mass is 79.9. The number of carbonyl (C=O) groups excluding carboxylic acids is 1. The maximum atomic E-state index is 13.4. The highest BCUT2D eigenvalue weighted by Crippen LogP contribution is 2.20. The SMILES string of the molecule is CCOC(=O)C(N)CSCc1cc(Br)ccc1F. The zero-order valence-electron chi connectivity index (χ0n) is 9.99. The van der Waals surface area contributed by atoms with Crippen LogP contribution in [-0.2, 0) is 15.3 Å². The Bertz CT molecular complexity index is 417. The molecule has 0 saturated heterocycles. The largest absolute Gasteiger partial charge is 0.465 e. The molecule has 6 heteroatoms. The summed E-state index contributed by atoms with van der Waals surface area (Å²) in [5.74, 6) is 0.207. The molecule has 1 aromatic rings. The number of hydrogen-bond acceptors (Lipinski definition) is 4. The third-order valence-corrected chi connectivity index (χ3v) is 3.76. The molecule has 1 aromatic carbocycles. The van der Waals surface area contributed by atoms with E-state index in [0.29, 0.717) is 23.7 Å². The summed E-state index contributed by atoms with van der Waals surface area (Å²) in [4.78, 5) is 11.3. The second-order valence-electron chi connectivity index (χ2n) is 3.61. The van der Waals surface area contributed by atoms with Crippen LogP contribution in [-0.4, -0.2) is 24.4 Å². The molecular weight excluding hydrogens is 321 g/mol. The van der Waals surface area contributed by atoms with E-state index in [-0.39, 0.29) is 5.82 Å². The number of esters is 1. The van der Waals surface area contributed by atoms with Gasteiger partial charge in [0.05, 0.1) is 6.61 Å². The van der Waals surface area contributed by atoms with Crippen molar-refractivity contribution in [3.05, 3.63) is 34.1 Å². The van der Waals surface area contributed by atoms with Crippen LogP contribution in [0.3, 0.4) is 0 Å². The number of benzene rings is 1. The molecule has 0 aliphatic rings. The van der Waals surface area contributed by atoms with Gasteiger partial charge < -0.3 is 10.5 Å². The predicted octanol–water partition coefficient (Wildman–Crippen LogP) is 2.71. The van der Waals surface area contributed by atoms with Gasteiger partial charge in [-0.15, -0.1) is 0 Å². The van der Waals surface area contributed by atoms with Crippen molar-refractivity contribution in [1.82, 2.24) is 0 Å². The van der Waals surface area contributed by atoms with Crippen molar-refractivity contribution in [2.45, 2.75) is 18.7 Å². The van der Waals surface area contributed by atoms with Crippen molar-refractivity contribution in [2.24, 2.45) is 5.73 Å². The standard InChI is InChI=1S/C12H15BrFNO2S/c1-2-17-12(16)11(15)7-18-6-8-5-9(13)3-4-10(8)14/h3-5,11H,2,6-7,15H2,1H3. The Labute approximate surface area is 118 Å². The van der Waals surface area contributed by atoms with Crippen molar-refractivity contribution < 1.29 is 13.9 Å². The first-order valence-electron chi connectivity index (χ1n) is 5.48. The number of carbonyl (C=O) groups is 1. The molecule has 2 N–H and O–H groups in total. The van der Waals surface area contributed by atoms with Crippen LogP contribution in [0.4, 0.5) is 4.39 Å². The summed E-state index contributed by atoms with van der Waals surface area (Å²) >= 11 is 4.69. The van der Waals surface area contributed by atoms with Crippen molar-refractivity contribution in [1.29, 1.82) is 0 Å². The Morgan fingerprint density at radius 2 is 2.33 bits per heavy atom. The first-order valence-corrected chi connectivity index (χ1v) is 7.43. The van der Waals surface area contributed by atoms with Crippen LogP contribution in [0.25, 0.3) is 0 Å². The van der Waals surface area contributed by atoms with E-state index in [9.17, 15) is 9.18 Å². The second-order valence-corrected chi connectivity index (χ2v) is 5.56.